The van der Waals surface area contributed by atoms with Crippen molar-refractivity contribution in [3.8, 4) is 28.1 Å². The van der Waals surface area contributed by atoms with Crippen LogP contribution in [0.4, 0.5) is 11.4 Å². The number of rotatable bonds is 2. The van der Waals surface area contributed by atoms with Crippen molar-refractivity contribution in [3.05, 3.63) is 162 Å². The van der Waals surface area contributed by atoms with Crippen molar-refractivity contribution >= 4 is 115 Å². The molecule has 1 aliphatic carbocycles. The summed E-state index contributed by atoms with van der Waals surface area (Å²) in [6, 6.07) is 55.2. The smallest absolute Gasteiger partial charge is 0.333 e. The molecule has 4 nitrogen and oxygen atoms in total. The van der Waals surface area contributed by atoms with Crippen molar-refractivity contribution < 1.29 is 8.83 Å². The predicted molar refractivity (Wildman–Crippen MR) is 289 cm³/mol. The van der Waals surface area contributed by atoms with E-state index in [1.54, 1.807) is 0 Å². The molecule has 0 saturated heterocycles. The van der Waals surface area contributed by atoms with Gasteiger partial charge in [0, 0.05) is 81.4 Å². The summed E-state index contributed by atoms with van der Waals surface area (Å²) in [4.78, 5) is 2.66. The van der Waals surface area contributed by atoms with Gasteiger partial charge in [0.05, 0.1) is 11.0 Å². The Kier molecular flexibility index (Phi) is 7.43. The van der Waals surface area contributed by atoms with Gasteiger partial charge in [-0.2, -0.15) is 0 Å². The SMILES string of the molecule is CC(C)(C)c1ccc(N2B3c4cc5cc(-c6ccccc6)oc5cc4-n4c5cc6sc7ccccc7c6cc5c5ccc(c3c54)-c3cc4oc5cc6c(cc5c4cc32)C(C)(C)CCC6(C)C)cc1. The quantitative estimate of drug-likeness (QED) is 0.162. The summed E-state index contributed by atoms with van der Waals surface area (Å²) in [5.74, 6) is 0.877. The van der Waals surface area contributed by atoms with E-state index < -0.39 is 0 Å². The molecule has 0 saturated carbocycles. The zero-order valence-corrected chi connectivity index (χ0v) is 40.3. The number of hydrogen-bond acceptors (Lipinski definition) is 4. The molecule has 3 aliphatic rings. The highest BCUT2D eigenvalue weighted by atomic mass is 32.1. The second-order valence-electron chi connectivity index (χ2n) is 22.3. The maximum Gasteiger partial charge on any atom is 0.333 e. The van der Waals surface area contributed by atoms with Gasteiger partial charge in [-0.25, -0.2) is 0 Å². The van der Waals surface area contributed by atoms with E-state index in [1.807, 2.05) is 11.3 Å². The van der Waals surface area contributed by atoms with Gasteiger partial charge < -0.3 is 18.2 Å². The first kappa shape index (κ1) is 39.0. The number of thiophene rings is 1. The first-order chi connectivity index (χ1) is 32.8. The Morgan fingerprint density at radius 1 is 0.559 bits per heavy atom. The average molecular weight is 897 g/mol. The minimum atomic E-state index is -0.141. The fourth-order valence-electron chi connectivity index (χ4n) is 12.6. The number of benzene rings is 8. The molecule has 8 aromatic carbocycles. The van der Waals surface area contributed by atoms with E-state index in [4.69, 9.17) is 8.83 Å². The number of anilines is 2. The summed E-state index contributed by atoms with van der Waals surface area (Å²) in [6.07, 6.45) is 2.32. The minimum Gasteiger partial charge on any atom is -0.456 e. The minimum absolute atomic E-state index is 0.0151. The fourth-order valence-corrected chi connectivity index (χ4v) is 13.7. The molecule has 2 aliphatic heterocycles. The topological polar surface area (TPSA) is 34.5 Å². The van der Waals surface area contributed by atoms with Crippen molar-refractivity contribution in [2.45, 2.75) is 77.6 Å². The second-order valence-corrected chi connectivity index (χ2v) is 23.4. The number of hydrogen-bond donors (Lipinski definition) is 0. The van der Waals surface area contributed by atoms with Gasteiger partial charge in [-0.05, 0) is 123 Å². The van der Waals surface area contributed by atoms with E-state index in [9.17, 15) is 0 Å². The van der Waals surface area contributed by atoms with Crippen LogP contribution in [0, 0.1) is 0 Å². The van der Waals surface area contributed by atoms with Crippen molar-refractivity contribution in [2.24, 2.45) is 0 Å². The van der Waals surface area contributed by atoms with Crippen molar-refractivity contribution in [2.75, 3.05) is 4.81 Å². The molecular weight excluding hydrogens is 848 g/mol. The Bertz CT molecular complexity index is 4190. The Hall–Kier alpha value is -7.02. The largest absolute Gasteiger partial charge is 0.456 e. The normalized spacial score (nSPS) is 15.9. The fraction of sp³-hybridized carbons (Fsp3) is 0.194. The Balaban J connectivity index is 1.08. The van der Waals surface area contributed by atoms with Crippen LogP contribution in [0.3, 0.4) is 0 Å². The number of fused-ring (bicyclic) bond motifs is 16. The van der Waals surface area contributed by atoms with Gasteiger partial charge in [-0.1, -0.05) is 127 Å². The third-order valence-electron chi connectivity index (χ3n) is 16.4. The van der Waals surface area contributed by atoms with Crippen LogP contribution in [0.1, 0.15) is 78.0 Å². The highest BCUT2D eigenvalue weighted by Crippen LogP contribution is 2.52. The lowest BCUT2D eigenvalue weighted by Gasteiger charge is -2.42. The van der Waals surface area contributed by atoms with E-state index in [0.29, 0.717) is 0 Å². The molecule has 68 heavy (non-hydrogen) atoms. The zero-order chi connectivity index (χ0) is 45.7. The summed E-state index contributed by atoms with van der Waals surface area (Å²) in [7, 11) is 0. The summed E-state index contributed by atoms with van der Waals surface area (Å²) < 4.78 is 19.1. The number of furan rings is 2. The van der Waals surface area contributed by atoms with E-state index >= 15 is 0 Å². The molecular formula is C62H49BN2O2S. The van der Waals surface area contributed by atoms with Crippen LogP contribution in [0.25, 0.3) is 103 Å². The van der Waals surface area contributed by atoms with Gasteiger partial charge in [-0.15, -0.1) is 11.3 Å². The van der Waals surface area contributed by atoms with Gasteiger partial charge in [0.25, 0.3) is 0 Å². The van der Waals surface area contributed by atoms with Crippen LogP contribution in [0.15, 0.2) is 154 Å². The number of aromatic nitrogens is 1. The van der Waals surface area contributed by atoms with E-state index in [0.717, 1.165) is 57.4 Å². The lowest BCUT2D eigenvalue weighted by Crippen LogP contribution is -2.60. The molecule has 0 bridgehead atoms. The molecule has 0 N–H and O–H groups in total. The van der Waals surface area contributed by atoms with Crippen molar-refractivity contribution in [1.82, 2.24) is 4.57 Å². The molecule has 6 heteroatoms. The Labute approximate surface area is 399 Å². The predicted octanol–water partition coefficient (Wildman–Crippen LogP) is 16.3. The zero-order valence-electron chi connectivity index (χ0n) is 39.5. The molecule has 4 aromatic heterocycles. The van der Waals surface area contributed by atoms with Crippen LogP contribution in [-0.4, -0.2) is 11.4 Å². The third kappa shape index (κ3) is 5.16. The van der Waals surface area contributed by atoms with E-state index in [-0.39, 0.29) is 23.1 Å². The highest BCUT2D eigenvalue weighted by Gasteiger charge is 2.45. The molecule has 0 spiro atoms. The number of nitrogens with zero attached hydrogens (tertiary/aromatic N) is 2. The van der Waals surface area contributed by atoms with Gasteiger partial charge in [0.2, 0.25) is 0 Å². The lowest BCUT2D eigenvalue weighted by molar-refractivity contribution is 0.332. The van der Waals surface area contributed by atoms with Gasteiger partial charge >= 0.3 is 6.85 Å². The van der Waals surface area contributed by atoms with Crippen molar-refractivity contribution in [3.63, 3.8) is 0 Å². The maximum absolute atomic E-state index is 7.04. The van der Waals surface area contributed by atoms with Crippen LogP contribution < -0.4 is 15.7 Å². The average Bonchev–Trinajstić information content (AvgIpc) is 4.10. The van der Waals surface area contributed by atoms with Crippen LogP contribution in [0.2, 0.25) is 0 Å². The second kappa shape index (κ2) is 12.9. The summed E-state index contributed by atoms with van der Waals surface area (Å²) in [5, 5.41) is 8.62. The first-order valence-corrected chi connectivity index (χ1v) is 25.1. The molecule has 0 amide bonds. The molecule has 0 fully saturated rings. The summed E-state index contributed by atoms with van der Waals surface area (Å²) in [6.45, 7) is 16.4. The Morgan fingerprint density at radius 3 is 2.09 bits per heavy atom. The molecule has 328 valence electrons. The van der Waals surface area contributed by atoms with Crippen molar-refractivity contribution in [1.29, 1.82) is 0 Å². The van der Waals surface area contributed by atoms with Gasteiger partial charge in [0.1, 0.15) is 22.5 Å². The lowest BCUT2D eigenvalue weighted by atomic mass is 9.44. The van der Waals surface area contributed by atoms with E-state index in [1.165, 1.54) is 97.5 Å². The van der Waals surface area contributed by atoms with Gasteiger partial charge in [0.15, 0.2) is 0 Å². The monoisotopic (exact) mass is 896 g/mol. The van der Waals surface area contributed by atoms with Crippen LogP contribution in [0.5, 0.6) is 0 Å². The highest BCUT2D eigenvalue weighted by molar-refractivity contribution is 7.25. The van der Waals surface area contributed by atoms with Crippen LogP contribution in [-0.2, 0) is 16.2 Å². The molecule has 0 atom stereocenters. The summed E-state index contributed by atoms with van der Waals surface area (Å²) in [5.41, 5.74) is 19.2. The standard InChI is InChI=1S/C62H49BN2O2S/c1-60(2,3)36-17-19-37(20-18-36)65-50-29-44-43-28-46-47(62(6,7)24-23-61(46,4)5)31-55(43)67-54(44)30-42(50)39-21-22-40-41-27-45-38-15-11-12-16-56(38)68-57(45)33-49(41)64-51-32-53-35(25-48(51)63(65)58(39)59(40)64)26-52(66-53)34-13-9-8-10-14-34/h8-22,25-33H,23-24H2,1-7H3. The van der Waals surface area contributed by atoms with Gasteiger partial charge in [-0.3, -0.25) is 0 Å². The Morgan fingerprint density at radius 2 is 1.29 bits per heavy atom. The molecule has 0 radical (unpaired) electrons. The molecule has 6 heterocycles. The third-order valence-corrected chi connectivity index (χ3v) is 17.5. The summed E-state index contributed by atoms with van der Waals surface area (Å²) >= 11 is 1.88. The van der Waals surface area contributed by atoms with E-state index in [2.05, 4.69) is 203 Å². The molecule has 12 aromatic rings. The van der Waals surface area contributed by atoms with Crippen LogP contribution >= 0.6 is 11.3 Å². The molecule has 0 unspecified atom stereocenters. The maximum atomic E-state index is 7.04. The first-order valence-electron chi connectivity index (χ1n) is 24.3. The molecule has 15 rings (SSSR count).